The molecule has 2 nitrogen and oxygen atoms in total. The molecule has 0 heterocycles. The van der Waals surface area contributed by atoms with Crippen LogP contribution in [0.5, 0.6) is 0 Å². The lowest BCUT2D eigenvalue weighted by atomic mass is 10.1. The zero-order valence-electron chi connectivity index (χ0n) is 9.22. The van der Waals surface area contributed by atoms with Crippen LogP contribution in [0.15, 0.2) is 18.2 Å². The molecule has 0 saturated carbocycles. The molecule has 0 saturated heterocycles. The molecule has 0 aliphatic carbocycles. The second-order valence-electron chi connectivity index (χ2n) is 3.67. The summed E-state index contributed by atoms with van der Waals surface area (Å²) in [4.78, 5) is 1.96. The van der Waals surface area contributed by atoms with Crippen molar-refractivity contribution in [2.75, 3.05) is 30.9 Å². The first-order chi connectivity index (χ1) is 7.00. The summed E-state index contributed by atoms with van der Waals surface area (Å²) in [5.41, 5.74) is 2.89. The topological polar surface area (TPSA) is 15.3 Å². The van der Waals surface area contributed by atoms with Gasteiger partial charge < -0.3 is 10.2 Å². The number of halogens is 2. The number of benzene rings is 1. The number of anilines is 2. The highest BCUT2D eigenvalue weighted by atomic mass is 19.3. The normalized spacial score (nSPS) is 10.5. The molecule has 0 aromatic heterocycles. The summed E-state index contributed by atoms with van der Waals surface area (Å²) in [5.74, 6) is 0. The maximum absolute atomic E-state index is 12.0. The number of nitrogens with one attached hydrogen (secondary N) is 1. The largest absolute Gasteiger partial charge is 0.379 e. The van der Waals surface area contributed by atoms with Gasteiger partial charge in [-0.1, -0.05) is 6.07 Å². The third-order valence-electron chi connectivity index (χ3n) is 2.15. The minimum Gasteiger partial charge on any atom is -0.379 e. The zero-order valence-corrected chi connectivity index (χ0v) is 9.22. The third-order valence-corrected chi connectivity index (χ3v) is 2.15. The van der Waals surface area contributed by atoms with E-state index in [1.807, 2.05) is 44.1 Å². The number of hydrogen-bond donors (Lipinski definition) is 1. The van der Waals surface area contributed by atoms with E-state index in [0.29, 0.717) is 0 Å². The molecule has 4 heteroatoms. The predicted octanol–water partition coefficient (Wildman–Crippen LogP) is 2.74. The molecule has 0 fully saturated rings. The lowest BCUT2D eigenvalue weighted by Gasteiger charge is -2.17. The lowest BCUT2D eigenvalue weighted by molar-refractivity contribution is 0.163. The maximum atomic E-state index is 12.0. The van der Waals surface area contributed by atoms with E-state index in [1.54, 1.807) is 0 Å². The average Bonchev–Trinajstić information content (AvgIpc) is 2.16. The Hall–Kier alpha value is -1.32. The van der Waals surface area contributed by atoms with Crippen LogP contribution < -0.4 is 10.2 Å². The van der Waals surface area contributed by atoms with Gasteiger partial charge in [0.15, 0.2) is 0 Å². The van der Waals surface area contributed by atoms with Crippen LogP contribution >= 0.6 is 0 Å². The van der Waals surface area contributed by atoms with Crippen molar-refractivity contribution in [3.63, 3.8) is 0 Å². The lowest BCUT2D eigenvalue weighted by Crippen LogP contribution is -2.13. The van der Waals surface area contributed by atoms with Gasteiger partial charge in [-0.15, -0.1) is 0 Å². The third kappa shape index (κ3) is 3.38. The van der Waals surface area contributed by atoms with Crippen LogP contribution in [0.3, 0.4) is 0 Å². The first kappa shape index (κ1) is 11.8. The standard InChI is InChI=1S/C11H16F2N2/c1-8-4-5-9(14-7-11(12)13)6-10(8)15(2)3/h4-6,11,14H,7H2,1-3H3. The molecule has 15 heavy (non-hydrogen) atoms. The van der Waals surface area contributed by atoms with Gasteiger partial charge in [-0.25, -0.2) is 8.78 Å². The number of nitrogens with zero attached hydrogens (tertiary/aromatic N) is 1. The van der Waals surface area contributed by atoms with Gasteiger partial charge in [0.2, 0.25) is 0 Å². The van der Waals surface area contributed by atoms with E-state index in [4.69, 9.17) is 0 Å². The van der Waals surface area contributed by atoms with Crippen molar-refractivity contribution in [1.29, 1.82) is 0 Å². The fourth-order valence-corrected chi connectivity index (χ4v) is 1.40. The monoisotopic (exact) mass is 214 g/mol. The molecule has 0 bridgehead atoms. The van der Waals surface area contributed by atoms with Gasteiger partial charge >= 0.3 is 0 Å². The van der Waals surface area contributed by atoms with E-state index in [1.165, 1.54) is 0 Å². The van der Waals surface area contributed by atoms with Gasteiger partial charge in [0.25, 0.3) is 6.43 Å². The summed E-state index contributed by atoms with van der Waals surface area (Å²) in [5, 5.41) is 2.69. The molecule has 0 aliphatic heterocycles. The second-order valence-corrected chi connectivity index (χ2v) is 3.67. The Kier molecular flexibility index (Phi) is 3.88. The van der Waals surface area contributed by atoms with E-state index in [0.717, 1.165) is 16.9 Å². The van der Waals surface area contributed by atoms with Crippen molar-refractivity contribution in [2.45, 2.75) is 13.3 Å². The molecule has 84 valence electrons. The molecule has 0 unspecified atom stereocenters. The maximum Gasteiger partial charge on any atom is 0.255 e. The highest BCUT2D eigenvalue weighted by Gasteiger charge is 2.04. The SMILES string of the molecule is Cc1ccc(NCC(F)F)cc1N(C)C. The van der Waals surface area contributed by atoms with Gasteiger partial charge in [0.05, 0.1) is 6.54 Å². The number of hydrogen-bond acceptors (Lipinski definition) is 2. The molecule has 0 atom stereocenters. The first-order valence-corrected chi connectivity index (χ1v) is 4.80. The van der Waals surface area contributed by atoms with Crippen LogP contribution in [-0.2, 0) is 0 Å². The van der Waals surface area contributed by atoms with Crippen molar-refractivity contribution >= 4 is 11.4 Å². The highest BCUT2D eigenvalue weighted by molar-refractivity contribution is 5.61. The summed E-state index contributed by atoms with van der Waals surface area (Å²) in [6.45, 7) is 1.68. The Morgan fingerprint density at radius 3 is 2.53 bits per heavy atom. The first-order valence-electron chi connectivity index (χ1n) is 4.80. The van der Waals surface area contributed by atoms with Crippen molar-refractivity contribution in [3.8, 4) is 0 Å². The molecule has 0 radical (unpaired) electrons. The van der Waals surface area contributed by atoms with Gasteiger partial charge in [0, 0.05) is 25.5 Å². The average molecular weight is 214 g/mol. The fourth-order valence-electron chi connectivity index (χ4n) is 1.40. The fraction of sp³-hybridized carbons (Fsp3) is 0.455. The van der Waals surface area contributed by atoms with E-state index >= 15 is 0 Å². The molecule has 0 spiro atoms. The van der Waals surface area contributed by atoms with Crippen molar-refractivity contribution in [3.05, 3.63) is 23.8 Å². The van der Waals surface area contributed by atoms with Crippen molar-refractivity contribution in [2.24, 2.45) is 0 Å². The van der Waals surface area contributed by atoms with Crippen molar-refractivity contribution < 1.29 is 8.78 Å². The Morgan fingerprint density at radius 2 is 2.00 bits per heavy atom. The van der Waals surface area contributed by atoms with Crippen molar-refractivity contribution in [1.82, 2.24) is 0 Å². The van der Waals surface area contributed by atoms with E-state index in [-0.39, 0.29) is 6.54 Å². The van der Waals surface area contributed by atoms with E-state index < -0.39 is 6.43 Å². The summed E-state index contributed by atoms with van der Waals surface area (Å²) in [7, 11) is 3.86. The molecule has 1 aromatic carbocycles. The molecular weight excluding hydrogens is 198 g/mol. The van der Waals surface area contributed by atoms with Gasteiger partial charge in [-0.3, -0.25) is 0 Å². The highest BCUT2D eigenvalue weighted by Crippen LogP contribution is 2.22. The quantitative estimate of drug-likeness (QED) is 0.829. The number of aryl methyl sites for hydroxylation is 1. The van der Waals surface area contributed by atoms with E-state index in [2.05, 4.69) is 5.32 Å². The van der Waals surface area contributed by atoms with Gasteiger partial charge in [0.1, 0.15) is 0 Å². The Morgan fingerprint density at radius 1 is 1.33 bits per heavy atom. The number of rotatable bonds is 4. The second kappa shape index (κ2) is 4.96. The Balaban J connectivity index is 2.78. The summed E-state index contributed by atoms with van der Waals surface area (Å²) < 4.78 is 24.0. The molecule has 1 aromatic rings. The molecular formula is C11H16F2N2. The van der Waals surface area contributed by atoms with Crippen LogP contribution in [0.2, 0.25) is 0 Å². The molecule has 1 N–H and O–H groups in total. The van der Waals surface area contributed by atoms with Gasteiger partial charge in [-0.05, 0) is 24.6 Å². The van der Waals surface area contributed by atoms with Crippen LogP contribution in [0, 0.1) is 6.92 Å². The van der Waals surface area contributed by atoms with Crippen LogP contribution in [0.25, 0.3) is 0 Å². The Labute approximate surface area is 88.9 Å². The minimum atomic E-state index is -2.32. The van der Waals surface area contributed by atoms with E-state index in [9.17, 15) is 8.78 Å². The zero-order chi connectivity index (χ0) is 11.4. The number of alkyl halides is 2. The summed E-state index contributed by atoms with van der Waals surface area (Å²) >= 11 is 0. The summed E-state index contributed by atoms with van der Waals surface area (Å²) in [6, 6.07) is 5.60. The summed E-state index contributed by atoms with van der Waals surface area (Å²) in [6.07, 6.45) is -2.32. The predicted molar refractivity (Wildman–Crippen MR) is 60.0 cm³/mol. The molecule has 1 rings (SSSR count). The van der Waals surface area contributed by atoms with Crippen LogP contribution in [0.1, 0.15) is 5.56 Å². The molecule has 0 amide bonds. The van der Waals surface area contributed by atoms with Crippen LogP contribution in [0.4, 0.5) is 20.2 Å². The van der Waals surface area contributed by atoms with Gasteiger partial charge in [-0.2, -0.15) is 0 Å². The Bertz CT molecular complexity index is 324. The van der Waals surface area contributed by atoms with Crippen LogP contribution in [-0.4, -0.2) is 27.1 Å². The molecule has 0 aliphatic rings. The smallest absolute Gasteiger partial charge is 0.255 e. The minimum absolute atomic E-state index is 0.310.